The molecule has 0 saturated carbocycles. The van der Waals surface area contributed by atoms with E-state index in [0.29, 0.717) is 12.2 Å². The third-order valence-electron chi connectivity index (χ3n) is 3.70. The van der Waals surface area contributed by atoms with Gasteiger partial charge in [-0.25, -0.2) is 0 Å². The highest BCUT2D eigenvalue weighted by atomic mass is 16.7. The van der Waals surface area contributed by atoms with Crippen molar-refractivity contribution in [1.82, 2.24) is 5.32 Å². The van der Waals surface area contributed by atoms with Crippen molar-refractivity contribution >= 4 is 11.5 Å². The van der Waals surface area contributed by atoms with E-state index in [0.717, 1.165) is 28.0 Å². The van der Waals surface area contributed by atoms with Crippen molar-refractivity contribution in [3.63, 3.8) is 0 Å². The molecule has 1 amide bonds. The van der Waals surface area contributed by atoms with Crippen LogP contribution in [-0.4, -0.2) is 12.7 Å². The molecule has 0 aliphatic carbocycles. The fourth-order valence-corrected chi connectivity index (χ4v) is 2.69. The lowest BCUT2D eigenvalue weighted by Gasteiger charge is -2.11. The highest BCUT2D eigenvalue weighted by Gasteiger charge is 2.22. The maximum Gasteiger partial charge on any atom is 0.231 e. The van der Waals surface area contributed by atoms with Gasteiger partial charge in [0, 0.05) is 11.8 Å². The molecule has 0 fully saturated rings. The van der Waals surface area contributed by atoms with Crippen LogP contribution >= 0.6 is 0 Å². The number of hydrogen-bond acceptors (Lipinski definition) is 3. The van der Waals surface area contributed by atoms with Crippen LogP contribution < -0.4 is 14.8 Å². The Labute approximate surface area is 122 Å². The van der Waals surface area contributed by atoms with Gasteiger partial charge in [-0.2, -0.15) is 0 Å². The standard InChI is InChI=1S/C17H13NO3/c19-17-7-12-6-15-16(21-10-20-15)8-13(12)14(9-18-17)11-4-2-1-3-5-11/h1-6,8-9H,7,10H2,(H,18,19). The number of ether oxygens (including phenoxy) is 2. The van der Waals surface area contributed by atoms with Crippen molar-refractivity contribution in [2.45, 2.75) is 6.42 Å². The maximum absolute atomic E-state index is 11.9. The van der Waals surface area contributed by atoms with Gasteiger partial charge in [0.15, 0.2) is 11.5 Å². The van der Waals surface area contributed by atoms with E-state index in [9.17, 15) is 4.79 Å². The molecule has 0 unspecified atom stereocenters. The van der Waals surface area contributed by atoms with Gasteiger partial charge in [0.2, 0.25) is 12.7 Å². The Morgan fingerprint density at radius 1 is 1.00 bits per heavy atom. The number of carbonyl (C=O) groups is 1. The van der Waals surface area contributed by atoms with Gasteiger partial charge in [0.1, 0.15) is 0 Å². The van der Waals surface area contributed by atoms with Crippen LogP contribution in [0.2, 0.25) is 0 Å². The Morgan fingerprint density at radius 2 is 1.76 bits per heavy atom. The predicted octanol–water partition coefficient (Wildman–Crippen LogP) is 2.48. The molecule has 104 valence electrons. The van der Waals surface area contributed by atoms with E-state index in [1.165, 1.54) is 0 Å². The minimum atomic E-state index is -0.0268. The first-order valence-corrected chi connectivity index (χ1v) is 6.79. The van der Waals surface area contributed by atoms with Gasteiger partial charge in [-0.1, -0.05) is 30.3 Å². The van der Waals surface area contributed by atoms with Gasteiger partial charge in [0.05, 0.1) is 6.42 Å². The second-order valence-corrected chi connectivity index (χ2v) is 5.03. The number of benzene rings is 2. The quantitative estimate of drug-likeness (QED) is 0.872. The Bertz CT molecular complexity index is 750. The third-order valence-corrected chi connectivity index (χ3v) is 3.70. The zero-order valence-electron chi connectivity index (χ0n) is 11.3. The van der Waals surface area contributed by atoms with Crippen LogP contribution in [0, 0.1) is 0 Å². The van der Waals surface area contributed by atoms with Gasteiger partial charge >= 0.3 is 0 Å². The van der Waals surface area contributed by atoms with E-state index >= 15 is 0 Å². The molecule has 2 aromatic rings. The van der Waals surface area contributed by atoms with E-state index in [-0.39, 0.29) is 12.7 Å². The topological polar surface area (TPSA) is 47.6 Å². The minimum absolute atomic E-state index is 0.0268. The van der Waals surface area contributed by atoms with Crippen LogP contribution in [-0.2, 0) is 11.2 Å². The highest BCUT2D eigenvalue weighted by Crippen LogP contribution is 2.39. The Balaban J connectivity index is 1.91. The van der Waals surface area contributed by atoms with Crippen LogP contribution in [0.5, 0.6) is 11.5 Å². The minimum Gasteiger partial charge on any atom is -0.454 e. The first kappa shape index (κ1) is 12.0. The molecule has 4 rings (SSSR count). The molecule has 0 radical (unpaired) electrons. The molecule has 4 heteroatoms. The lowest BCUT2D eigenvalue weighted by Crippen LogP contribution is -2.17. The van der Waals surface area contributed by atoms with Crippen molar-refractivity contribution < 1.29 is 14.3 Å². The fraction of sp³-hybridized carbons (Fsp3) is 0.118. The van der Waals surface area contributed by atoms with Crippen molar-refractivity contribution in [2.75, 3.05) is 6.79 Å². The highest BCUT2D eigenvalue weighted by molar-refractivity contribution is 5.91. The second-order valence-electron chi connectivity index (χ2n) is 5.03. The lowest BCUT2D eigenvalue weighted by atomic mass is 9.93. The Morgan fingerprint density at radius 3 is 2.57 bits per heavy atom. The SMILES string of the molecule is O=C1Cc2cc3c(cc2C(c2ccccc2)=CN1)OCO3. The number of fused-ring (bicyclic) bond motifs is 2. The average molecular weight is 279 g/mol. The van der Waals surface area contributed by atoms with Crippen molar-refractivity contribution in [2.24, 2.45) is 0 Å². The third kappa shape index (κ3) is 2.05. The molecule has 2 heterocycles. The molecule has 1 N–H and O–H groups in total. The number of rotatable bonds is 1. The smallest absolute Gasteiger partial charge is 0.231 e. The number of carbonyl (C=O) groups excluding carboxylic acids is 1. The first-order valence-electron chi connectivity index (χ1n) is 6.79. The molecule has 2 aliphatic heterocycles. The average Bonchev–Trinajstić information content (AvgIpc) is 2.89. The van der Waals surface area contributed by atoms with E-state index in [1.54, 1.807) is 6.20 Å². The van der Waals surface area contributed by atoms with Crippen LogP contribution in [0.3, 0.4) is 0 Å². The summed E-state index contributed by atoms with van der Waals surface area (Å²) in [6, 6.07) is 13.8. The molecular formula is C17H13NO3. The molecule has 0 atom stereocenters. The molecule has 2 aliphatic rings. The van der Waals surface area contributed by atoms with Crippen LogP contribution in [0.1, 0.15) is 16.7 Å². The number of hydrogen-bond donors (Lipinski definition) is 1. The zero-order valence-corrected chi connectivity index (χ0v) is 11.3. The monoisotopic (exact) mass is 279 g/mol. The Kier molecular flexibility index (Phi) is 2.67. The van der Waals surface area contributed by atoms with Gasteiger partial charge in [-0.15, -0.1) is 0 Å². The lowest BCUT2D eigenvalue weighted by molar-refractivity contribution is -0.119. The Hall–Kier alpha value is -2.75. The second kappa shape index (κ2) is 4.66. The summed E-state index contributed by atoms with van der Waals surface area (Å²) in [5.41, 5.74) is 3.99. The van der Waals surface area contributed by atoms with E-state index < -0.39 is 0 Å². The van der Waals surface area contributed by atoms with E-state index in [2.05, 4.69) is 5.32 Å². The van der Waals surface area contributed by atoms with Crippen LogP contribution in [0.4, 0.5) is 0 Å². The van der Waals surface area contributed by atoms with Gasteiger partial charge in [-0.05, 0) is 28.8 Å². The molecule has 0 spiro atoms. The van der Waals surface area contributed by atoms with Crippen molar-refractivity contribution in [3.8, 4) is 11.5 Å². The molecule has 2 aromatic carbocycles. The first-order chi connectivity index (χ1) is 10.3. The summed E-state index contributed by atoms with van der Waals surface area (Å²) < 4.78 is 10.9. The fourth-order valence-electron chi connectivity index (χ4n) is 2.69. The summed E-state index contributed by atoms with van der Waals surface area (Å²) in [5.74, 6) is 1.40. The summed E-state index contributed by atoms with van der Waals surface area (Å²) in [5, 5.41) is 2.83. The largest absolute Gasteiger partial charge is 0.454 e. The predicted molar refractivity (Wildman–Crippen MR) is 77.9 cm³/mol. The van der Waals surface area contributed by atoms with Crippen LogP contribution in [0.25, 0.3) is 5.57 Å². The maximum atomic E-state index is 11.9. The molecule has 4 nitrogen and oxygen atoms in total. The van der Waals surface area contributed by atoms with Gasteiger partial charge in [-0.3, -0.25) is 4.79 Å². The van der Waals surface area contributed by atoms with Crippen LogP contribution in [0.15, 0.2) is 48.7 Å². The molecular weight excluding hydrogens is 266 g/mol. The molecule has 0 bridgehead atoms. The number of nitrogens with one attached hydrogen (secondary N) is 1. The molecule has 21 heavy (non-hydrogen) atoms. The summed E-state index contributed by atoms with van der Waals surface area (Å²) >= 11 is 0. The number of amides is 1. The summed E-state index contributed by atoms with van der Waals surface area (Å²) in [6.07, 6.45) is 2.10. The van der Waals surface area contributed by atoms with Gasteiger partial charge < -0.3 is 14.8 Å². The molecule has 0 saturated heterocycles. The normalized spacial score (nSPS) is 15.8. The van der Waals surface area contributed by atoms with E-state index in [1.807, 2.05) is 42.5 Å². The van der Waals surface area contributed by atoms with Gasteiger partial charge in [0.25, 0.3) is 0 Å². The summed E-state index contributed by atoms with van der Waals surface area (Å²) in [7, 11) is 0. The van der Waals surface area contributed by atoms with Crippen molar-refractivity contribution in [3.05, 3.63) is 65.4 Å². The zero-order chi connectivity index (χ0) is 14.2. The summed E-state index contributed by atoms with van der Waals surface area (Å²) in [6.45, 7) is 0.231. The van der Waals surface area contributed by atoms with Crippen molar-refractivity contribution in [1.29, 1.82) is 0 Å². The molecule has 0 aromatic heterocycles. The summed E-state index contributed by atoms with van der Waals surface area (Å²) in [4.78, 5) is 11.9. The van der Waals surface area contributed by atoms with E-state index in [4.69, 9.17) is 9.47 Å².